The largest absolute Gasteiger partial charge is 0.497 e. The summed E-state index contributed by atoms with van der Waals surface area (Å²) in [5.74, 6) is 1.30. The molecule has 1 aliphatic rings. The molecule has 0 bridgehead atoms. The number of aromatic nitrogens is 2. The number of ether oxygens (including phenoxy) is 2. The van der Waals surface area contributed by atoms with E-state index in [4.69, 9.17) is 14.0 Å². The number of rotatable bonds is 7. The number of hydrogen-bond acceptors (Lipinski definition) is 6. The van der Waals surface area contributed by atoms with Crippen LogP contribution in [0.1, 0.15) is 36.0 Å². The Hall–Kier alpha value is -3.42. The molecule has 2 heterocycles. The molecule has 1 aromatic heterocycles. The molecule has 2 aromatic carbocycles. The van der Waals surface area contributed by atoms with Crippen molar-refractivity contribution < 1.29 is 23.2 Å². The van der Waals surface area contributed by atoms with E-state index in [1.54, 1.807) is 25.3 Å². The maximum absolute atomic E-state index is 13.7. The number of methoxy groups -OCH3 is 1. The van der Waals surface area contributed by atoms with Gasteiger partial charge in [0.15, 0.2) is 24.0 Å². The fraction of sp³-hybridized carbons (Fsp3) is 0.348. The van der Waals surface area contributed by atoms with Crippen LogP contribution < -0.4 is 9.47 Å². The molecule has 31 heavy (non-hydrogen) atoms. The molecule has 1 saturated heterocycles. The number of piperidine rings is 1. The Kier molecular flexibility index (Phi) is 6.45. The van der Waals surface area contributed by atoms with Crippen molar-refractivity contribution in [3.8, 4) is 11.5 Å². The first kappa shape index (κ1) is 20.8. The van der Waals surface area contributed by atoms with Gasteiger partial charge in [0, 0.05) is 19.0 Å². The van der Waals surface area contributed by atoms with Crippen LogP contribution in [0, 0.1) is 5.82 Å². The van der Waals surface area contributed by atoms with Crippen LogP contribution in [0.4, 0.5) is 4.39 Å². The molecule has 1 unspecified atom stereocenters. The number of para-hydroxylation sites is 1. The highest BCUT2D eigenvalue weighted by Gasteiger charge is 2.28. The van der Waals surface area contributed by atoms with E-state index in [1.165, 1.54) is 6.07 Å². The second kappa shape index (κ2) is 9.59. The van der Waals surface area contributed by atoms with Crippen molar-refractivity contribution in [3.05, 3.63) is 71.6 Å². The molecule has 4 rings (SSSR count). The van der Waals surface area contributed by atoms with Crippen molar-refractivity contribution in [2.45, 2.75) is 31.8 Å². The van der Waals surface area contributed by atoms with Crippen LogP contribution in [0.25, 0.3) is 0 Å². The van der Waals surface area contributed by atoms with Crippen molar-refractivity contribution in [1.29, 1.82) is 0 Å². The monoisotopic (exact) mass is 425 g/mol. The molecule has 0 saturated carbocycles. The van der Waals surface area contributed by atoms with Gasteiger partial charge in [0.05, 0.1) is 13.5 Å². The number of carbonyl (C=O) groups excluding carboxylic acids is 1. The van der Waals surface area contributed by atoms with Gasteiger partial charge in [-0.05, 0) is 42.7 Å². The van der Waals surface area contributed by atoms with E-state index >= 15 is 0 Å². The Balaban J connectivity index is 1.35. The molecule has 0 aliphatic carbocycles. The molecule has 0 spiro atoms. The van der Waals surface area contributed by atoms with Gasteiger partial charge in [0.2, 0.25) is 5.91 Å². The molecular weight excluding hydrogens is 401 g/mol. The molecule has 1 fully saturated rings. The van der Waals surface area contributed by atoms with Crippen LogP contribution in [0.3, 0.4) is 0 Å². The first-order valence-corrected chi connectivity index (χ1v) is 10.2. The zero-order chi connectivity index (χ0) is 21.6. The highest BCUT2D eigenvalue weighted by Crippen LogP contribution is 2.26. The molecule has 162 valence electrons. The highest BCUT2D eigenvalue weighted by atomic mass is 19.1. The average molecular weight is 425 g/mol. The SMILES string of the molecule is COc1cccc(CC(=O)N2CCCC(c3noc(COc4ccccc4F)n3)C2)c1. The summed E-state index contributed by atoms with van der Waals surface area (Å²) in [7, 11) is 1.61. The van der Waals surface area contributed by atoms with Gasteiger partial charge in [-0.15, -0.1) is 0 Å². The Labute approximate surface area is 179 Å². The lowest BCUT2D eigenvalue weighted by atomic mass is 9.96. The highest BCUT2D eigenvalue weighted by molar-refractivity contribution is 5.79. The number of amides is 1. The summed E-state index contributed by atoms with van der Waals surface area (Å²) in [6.07, 6.45) is 2.05. The van der Waals surface area contributed by atoms with Gasteiger partial charge < -0.3 is 18.9 Å². The van der Waals surface area contributed by atoms with E-state index in [0.29, 0.717) is 25.3 Å². The quantitative estimate of drug-likeness (QED) is 0.574. The fourth-order valence-electron chi connectivity index (χ4n) is 3.68. The third kappa shape index (κ3) is 5.20. The third-order valence-electron chi connectivity index (χ3n) is 5.30. The summed E-state index contributed by atoms with van der Waals surface area (Å²) < 4.78 is 29.6. The number of benzene rings is 2. The number of halogens is 1. The molecule has 0 radical (unpaired) electrons. The smallest absolute Gasteiger partial charge is 0.264 e. The summed E-state index contributed by atoms with van der Waals surface area (Å²) in [5.41, 5.74) is 0.915. The topological polar surface area (TPSA) is 77.7 Å². The maximum atomic E-state index is 13.7. The zero-order valence-electron chi connectivity index (χ0n) is 17.3. The van der Waals surface area contributed by atoms with Crippen LogP contribution in [0.15, 0.2) is 53.1 Å². The molecule has 1 atom stereocenters. The predicted octanol–water partition coefficient (Wildman–Crippen LogP) is 3.75. The summed E-state index contributed by atoms with van der Waals surface area (Å²) in [5, 5.41) is 4.06. The van der Waals surface area contributed by atoms with E-state index in [0.717, 1.165) is 24.2 Å². The number of hydrogen-bond donors (Lipinski definition) is 0. The van der Waals surface area contributed by atoms with Crippen molar-refractivity contribution in [2.24, 2.45) is 0 Å². The predicted molar refractivity (Wildman–Crippen MR) is 110 cm³/mol. The van der Waals surface area contributed by atoms with Crippen LogP contribution in [-0.2, 0) is 17.8 Å². The molecule has 3 aromatic rings. The second-order valence-corrected chi connectivity index (χ2v) is 7.47. The van der Waals surface area contributed by atoms with Crippen LogP contribution in [-0.4, -0.2) is 41.1 Å². The Bertz CT molecular complexity index is 1040. The summed E-state index contributed by atoms with van der Waals surface area (Å²) in [6, 6.07) is 13.7. The Morgan fingerprint density at radius 1 is 1.26 bits per heavy atom. The second-order valence-electron chi connectivity index (χ2n) is 7.47. The summed E-state index contributed by atoms with van der Waals surface area (Å²) in [4.78, 5) is 19.1. The van der Waals surface area contributed by atoms with Crippen molar-refractivity contribution in [2.75, 3.05) is 20.2 Å². The van der Waals surface area contributed by atoms with Gasteiger partial charge >= 0.3 is 0 Å². The lowest BCUT2D eigenvalue weighted by Gasteiger charge is -2.31. The van der Waals surface area contributed by atoms with Crippen molar-refractivity contribution in [3.63, 3.8) is 0 Å². The first-order chi connectivity index (χ1) is 15.1. The minimum atomic E-state index is -0.445. The molecule has 0 N–H and O–H groups in total. The standard InChI is InChI=1S/C23H24FN3O4/c1-29-18-8-4-6-16(12-18)13-22(28)27-11-5-7-17(14-27)23-25-21(31-26-23)15-30-20-10-3-2-9-19(20)24/h2-4,6,8-10,12,17H,5,7,11,13-15H2,1H3. The first-order valence-electron chi connectivity index (χ1n) is 10.2. The Morgan fingerprint density at radius 3 is 2.97 bits per heavy atom. The number of carbonyl (C=O) groups is 1. The van der Waals surface area contributed by atoms with E-state index in [-0.39, 0.29) is 30.1 Å². The van der Waals surface area contributed by atoms with Gasteiger partial charge in [-0.2, -0.15) is 4.98 Å². The van der Waals surface area contributed by atoms with E-state index in [2.05, 4.69) is 10.1 Å². The number of likely N-dealkylation sites (tertiary alicyclic amines) is 1. The lowest BCUT2D eigenvalue weighted by Crippen LogP contribution is -2.40. The van der Waals surface area contributed by atoms with Crippen molar-refractivity contribution >= 4 is 5.91 Å². The average Bonchev–Trinajstić information content (AvgIpc) is 3.28. The van der Waals surface area contributed by atoms with Crippen LogP contribution >= 0.6 is 0 Å². The zero-order valence-corrected chi connectivity index (χ0v) is 17.3. The molecule has 7 nitrogen and oxygen atoms in total. The van der Waals surface area contributed by atoms with Gasteiger partial charge in [-0.1, -0.05) is 29.4 Å². The van der Waals surface area contributed by atoms with Crippen molar-refractivity contribution in [1.82, 2.24) is 15.0 Å². The van der Waals surface area contributed by atoms with Gasteiger partial charge in [-0.25, -0.2) is 4.39 Å². The minimum Gasteiger partial charge on any atom is -0.497 e. The Morgan fingerprint density at radius 2 is 2.13 bits per heavy atom. The van der Waals surface area contributed by atoms with Crippen LogP contribution in [0.5, 0.6) is 11.5 Å². The molecular formula is C23H24FN3O4. The molecule has 1 aliphatic heterocycles. The third-order valence-corrected chi connectivity index (χ3v) is 5.30. The minimum absolute atomic E-state index is 0.00558. The van der Waals surface area contributed by atoms with E-state index in [9.17, 15) is 9.18 Å². The fourth-order valence-corrected chi connectivity index (χ4v) is 3.68. The normalized spacial score (nSPS) is 16.2. The molecule has 8 heteroatoms. The lowest BCUT2D eigenvalue weighted by molar-refractivity contribution is -0.131. The van der Waals surface area contributed by atoms with E-state index in [1.807, 2.05) is 29.2 Å². The maximum Gasteiger partial charge on any atom is 0.264 e. The number of nitrogens with zero attached hydrogens (tertiary/aromatic N) is 3. The van der Waals surface area contributed by atoms with E-state index < -0.39 is 5.82 Å². The van der Waals surface area contributed by atoms with Gasteiger partial charge in [0.25, 0.3) is 5.89 Å². The van der Waals surface area contributed by atoms with Gasteiger partial charge in [-0.3, -0.25) is 4.79 Å². The summed E-state index contributed by atoms with van der Waals surface area (Å²) >= 11 is 0. The van der Waals surface area contributed by atoms with Gasteiger partial charge in [0.1, 0.15) is 5.75 Å². The van der Waals surface area contributed by atoms with Crippen LogP contribution in [0.2, 0.25) is 0 Å². The molecule has 1 amide bonds. The summed E-state index contributed by atoms with van der Waals surface area (Å²) in [6.45, 7) is 1.23.